The summed E-state index contributed by atoms with van der Waals surface area (Å²) in [6.07, 6.45) is 1.31. The van der Waals surface area contributed by atoms with Crippen LogP contribution >= 0.6 is 0 Å². The van der Waals surface area contributed by atoms with Gasteiger partial charge >= 0.3 is 11.9 Å². The molecule has 2 aliphatic rings. The number of carbonyl (C=O) groups excluding carboxylic acids is 1. The van der Waals surface area contributed by atoms with Gasteiger partial charge in [0, 0.05) is 6.20 Å². The van der Waals surface area contributed by atoms with Crippen molar-refractivity contribution in [2.75, 3.05) is 0 Å². The maximum absolute atomic E-state index is 12.8. The lowest BCUT2D eigenvalue weighted by atomic mass is 9.91. The molecule has 1 aromatic rings. The van der Waals surface area contributed by atoms with Crippen molar-refractivity contribution in [2.24, 2.45) is 0 Å². The van der Waals surface area contributed by atoms with Gasteiger partial charge in [0.1, 0.15) is 4.75 Å². The number of nitrogens with zero attached hydrogens (tertiary/aromatic N) is 2. The van der Waals surface area contributed by atoms with Gasteiger partial charge in [-0.2, -0.15) is 0 Å². The minimum atomic E-state index is -4.15. The Balaban J connectivity index is 2.27. The Labute approximate surface area is 142 Å². The van der Waals surface area contributed by atoms with Gasteiger partial charge in [0.05, 0.1) is 16.8 Å². The monoisotopic (exact) mass is 366 g/mol. The zero-order valence-corrected chi connectivity index (χ0v) is 14.0. The Morgan fingerprint density at radius 1 is 1.24 bits per heavy atom. The Kier molecular flexibility index (Phi) is 3.50. The summed E-state index contributed by atoms with van der Waals surface area (Å²) in [4.78, 5) is 40.3. The molecule has 2 fully saturated rings. The van der Waals surface area contributed by atoms with E-state index < -0.39 is 55.0 Å². The molecule has 0 saturated carbocycles. The van der Waals surface area contributed by atoms with E-state index in [1.807, 2.05) is 0 Å². The van der Waals surface area contributed by atoms with Crippen LogP contribution < -0.4 is 0 Å². The molecule has 0 aliphatic carbocycles. The Morgan fingerprint density at radius 3 is 2.36 bits per heavy atom. The lowest BCUT2D eigenvalue weighted by Gasteiger charge is -2.38. The van der Waals surface area contributed by atoms with E-state index >= 15 is 0 Å². The van der Waals surface area contributed by atoms with E-state index in [2.05, 4.69) is 4.98 Å². The Morgan fingerprint density at radius 2 is 1.88 bits per heavy atom. The fourth-order valence-corrected chi connectivity index (χ4v) is 5.43. The molecule has 1 aromatic heterocycles. The quantitative estimate of drug-likeness (QED) is 0.551. The molecule has 1 amide bonds. The number of fused-ring (bicyclic) bond motifs is 1. The Hall–Kier alpha value is -2.75. The van der Waals surface area contributed by atoms with Crippen molar-refractivity contribution in [1.82, 2.24) is 9.88 Å². The number of amides is 1. The second-order valence-electron chi connectivity index (χ2n) is 6.26. The van der Waals surface area contributed by atoms with Gasteiger partial charge in [0.15, 0.2) is 21.3 Å². The summed E-state index contributed by atoms with van der Waals surface area (Å²) in [5.74, 6) is -3.89. The highest BCUT2D eigenvalue weighted by Crippen LogP contribution is 2.50. The van der Waals surface area contributed by atoms with E-state index in [-0.39, 0.29) is 5.69 Å². The van der Waals surface area contributed by atoms with Gasteiger partial charge in [-0.15, -0.1) is 0 Å². The number of aliphatic carboxylic acids is 2. The van der Waals surface area contributed by atoms with E-state index in [0.29, 0.717) is 0 Å². The van der Waals surface area contributed by atoms with Gasteiger partial charge in [0.25, 0.3) is 5.91 Å². The third kappa shape index (κ3) is 2.03. The van der Waals surface area contributed by atoms with E-state index in [1.54, 1.807) is 6.07 Å². The number of carbonyl (C=O) groups is 3. The van der Waals surface area contributed by atoms with Gasteiger partial charge in [-0.25, -0.2) is 18.0 Å². The predicted molar refractivity (Wildman–Crippen MR) is 83.8 cm³/mol. The van der Waals surface area contributed by atoms with Crippen LogP contribution in [0.15, 0.2) is 30.0 Å². The first-order chi connectivity index (χ1) is 11.5. The molecule has 0 bridgehead atoms. The van der Waals surface area contributed by atoms with Crippen molar-refractivity contribution in [2.45, 2.75) is 30.0 Å². The summed E-state index contributed by atoms with van der Waals surface area (Å²) in [6, 6.07) is 2.80. The number of sulfone groups is 1. The topological polar surface area (TPSA) is 142 Å². The van der Waals surface area contributed by atoms with Crippen LogP contribution in [0.1, 0.15) is 19.5 Å². The van der Waals surface area contributed by atoms with Gasteiger partial charge < -0.3 is 15.1 Å². The van der Waals surface area contributed by atoms with E-state index in [9.17, 15) is 33.0 Å². The number of pyridine rings is 1. The maximum atomic E-state index is 12.8. The number of rotatable bonds is 3. The van der Waals surface area contributed by atoms with Crippen LogP contribution in [0.25, 0.3) is 5.57 Å². The van der Waals surface area contributed by atoms with Crippen LogP contribution in [0.3, 0.4) is 0 Å². The highest BCUT2D eigenvalue weighted by atomic mass is 32.2. The highest BCUT2D eigenvalue weighted by molar-refractivity contribution is 7.94. The van der Waals surface area contributed by atoms with Crippen LogP contribution in [0.5, 0.6) is 0 Å². The predicted octanol–water partition coefficient (Wildman–Crippen LogP) is -0.252. The number of hydrogen-bond acceptors (Lipinski definition) is 6. The second kappa shape index (κ2) is 5.12. The SMILES string of the molecule is CC1(C)[C@H](C(=O)O)N2C(=O)C(=C(C(=O)O)c3ccccn3)[C@H]2S1(=O)=O. The number of carboxylic acid groups (broad SMARTS) is 2. The van der Waals surface area contributed by atoms with E-state index in [1.165, 1.54) is 32.2 Å². The zero-order valence-electron chi connectivity index (χ0n) is 13.2. The summed E-state index contributed by atoms with van der Waals surface area (Å²) in [5.41, 5.74) is -1.05. The first kappa shape index (κ1) is 17.1. The largest absolute Gasteiger partial charge is 0.480 e. The summed E-state index contributed by atoms with van der Waals surface area (Å²) < 4.78 is 23.8. The molecule has 3 heterocycles. The summed E-state index contributed by atoms with van der Waals surface area (Å²) in [7, 11) is -4.15. The van der Waals surface area contributed by atoms with Crippen LogP contribution in [0.4, 0.5) is 0 Å². The van der Waals surface area contributed by atoms with Gasteiger partial charge in [-0.05, 0) is 26.0 Å². The van der Waals surface area contributed by atoms with Crippen LogP contribution in [-0.4, -0.2) is 62.5 Å². The van der Waals surface area contributed by atoms with Crippen molar-refractivity contribution in [1.29, 1.82) is 0 Å². The molecule has 2 atom stereocenters. The highest BCUT2D eigenvalue weighted by Gasteiger charge is 2.71. The minimum Gasteiger partial charge on any atom is -0.480 e. The molecular weight excluding hydrogens is 352 g/mol. The number of hydrogen-bond donors (Lipinski definition) is 2. The lowest BCUT2D eigenvalue weighted by Crippen LogP contribution is -2.59. The second-order valence-corrected chi connectivity index (χ2v) is 8.85. The molecular formula is C15H14N2O7S. The van der Waals surface area contributed by atoms with Crippen molar-refractivity contribution in [3.8, 4) is 0 Å². The molecule has 9 nitrogen and oxygen atoms in total. The molecule has 10 heteroatoms. The van der Waals surface area contributed by atoms with Crippen LogP contribution in [0, 0.1) is 0 Å². The maximum Gasteiger partial charge on any atom is 0.338 e. The van der Waals surface area contributed by atoms with Gasteiger partial charge in [-0.3, -0.25) is 9.78 Å². The minimum absolute atomic E-state index is 0.0650. The standard InChI is InChI=1S/C15H14N2O7S/c1-15(2)10(14(21)22)17-11(18)9(12(17)25(15,23)24)8(13(19)20)7-5-3-4-6-16-7/h3-6,10,12H,1-2H3,(H,19,20)(H,21,22)/t10-,12+/m0/s1. The third-order valence-corrected chi connectivity index (χ3v) is 7.31. The van der Waals surface area contributed by atoms with Crippen molar-refractivity contribution < 1.29 is 33.0 Å². The number of aromatic nitrogens is 1. The molecule has 132 valence electrons. The molecule has 0 spiro atoms. The summed E-state index contributed by atoms with van der Waals surface area (Å²) in [5, 5.41) is 17.3. The fraction of sp³-hybridized carbons (Fsp3) is 0.333. The summed E-state index contributed by atoms with van der Waals surface area (Å²) in [6.45, 7) is 2.43. The normalized spacial score (nSPS) is 28.1. The van der Waals surface area contributed by atoms with Crippen molar-refractivity contribution in [3.05, 3.63) is 35.7 Å². The Bertz CT molecular complexity index is 934. The molecule has 0 radical (unpaired) electrons. The molecule has 0 unspecified atom stereocenters. The smallest absolute Gasteiger partial charge is 0.338 e. The first-order valence-corrected chi connectivity index (χ1v) is 8.76. The molecule has 25 heavy (non-hydrogen) atoms. The zero-order chi connectivity index (χ0) is 18.7. The number of carboxylic acids is 2. The van der Waals surface area contributed by atoms with Crippen molar-refractivity contribution >= 4 is 33.3 Å². The van der Waals surface area contributed by atoms with E-state index in [4.69, 9.17) is 0 Å². The fourth-order valence-electron chi connectivity index (χ4n) is 3.28. The molecule has 2 saturated heterocycles. The molecule has 3 rings (SSSR count). The van der Waals surface area contributed by atoms with E-state index in [0.717, 1.165) is 4.90 Å². The summed E-state index contributed by atoms with van der Waals surface area (Å²) >= 11 is 0. The first-order valence-electron chi connectivity index (χ1n) is 7.21. The molecule has 2 N–H and O–H groups in total. The van der Waals surface area contributed by atoms with Crippen molar-refractivity contribution in [3.63, 3.8) is 0 Å². The molecule has 0 aromatic carbocycles. The third-order valence-electron chi connectivity index (χ3n) is 4.57. The number of β-lactam (4-membered cyclic amide) rings is 1. The van der Waals surface area contributed by atoms with Crippen LogP contribution in [0.2, 0.25) is 0 Å². The van der Waals surface area contributed by atoms with Gasteiger partial charge in [0.2, 0.25) is 0 Å². The van der Waals surface area contributed by atoms with Gasteiger partial charge in [-0.1, -0.05) is 6.07 Å². The lowest BCUT2D eigenvalue weighted by molar-refractivity contribution is -0.152. The average molecular weight is 366 g/mol. The van der Waals surface area contributed by atoms with Crippen LogP contribution in [-0.2, 0) is 24.2 Å². The average Bonchev–Trinajstić information content (AvgIpc) is 2.66. The molecule has 2 aliphatic heterocycles.